The monoisotopic (exact) mass is 278 g/mol. The van der Waals surface area contributed by atoms with Crippen LogP contribution in [-0.4, -0.2) is 5.78 Å². The molecular weight excluding hydrogens is 264 g/mol. The number of aryl methyl sites for hydroxylation is 2. The van der Waals surface area contributed by atoms with Crippen molar-refractivity contribution in [1.82, 2.24) is 0 Å². The number of hydrogen-bond acceptors (Lipinski definition) is 2. The quantitative estimate of drug-likeness (QED) is 0.625. The smallest absolute Gasteiger partial charge is 0.202 e. The number of fused-ring (bicyclic) bond motifs is 2. The van der Waals surface area contributed by atoms with Crippen LogP contribution in [0.1, 0.15) is 32.1 Å². The van der Waals surface area contributed by atoms with Gasteiger partial charge in [-0.15, -0.1) is 11.3 Å². The van der Waals surface area contributed by atoms with Gasteiger partial charge >= 0.3 is 0 Å². The predicted octanol–water partition coefficient (Wildman–Crippen LogP) is 4.62. The summed E-state index contributed by atoms with van der Waals surface area (Å²) >= 11 is 1.68. The summed E-state index contributed by atoms with van der Waals surface area (Å²) in [7, 11) is 0. The molecule has 0 N–H and O–H groups in total. The lowest BCUT2D eigenvalue weighted by molar-refractivity contribution is 0.104. The summed E-state index contributed by atoms with van der Waals surface area (Å²) in [4.78, 5) is 14.9. The van der Waals surface area contributed by atoms with Gasteiger partial charge in [-0.3, -0.25) is 4.79 Å². The molecular formula is C18H14OS. The zero-order valence-electron chi connectivity index (χ0n) is 11.1. The first-order valence-electron chi connectivity index (χ1n) is 6.96. The van der Waals surface area contributed by atoms with Gasteiger partial charge in [0.15, 0.2) is 0 Å². The molecule has 1 heterocycles. The Morgan fingerprint density at radius 3 is 2.65 bits per heavy atom. The number of rotatable bonds is 2. The molecule has 2 heteroatoms. The molecule has 98 valence electrons. The summed E-state index contributed by atoms with van der Waals surface area (Å²) in [6, 6.07) is 16.2. The maximum Gasteiger partial charge on any atom is 0.202 e. The Labute approximate surface area is 121 Å². The van der Waals surface area contributed by atoms with Crippen LogP contribution in [0.2, 0.25) is 0 Å². The lowest BCUT2D eigenvalue weighted by atomic mass is 10.0. The summed E-state index contributed by atoms with van der Waals surface area (Å²) in [5.41, 5.74) is 2.18. The Morgan fingerprint density at radius 2 is 1.80 bits per heavy atom. The Morgan fingerprint density at radius 1 is 0.950 bits per heavy atom. The van der Waals surface area contributed by atoms with Crippen LogP contribution in [0.25, 0.3) is 10.8 Å². The normalized spacial score (nSPS) is 13.6. The number of carbonyl (C=O) groups excluding carboxylic acids is 1. The van der Waals surface area contributed by atoms with Crippen molar-refractivity contribution in [2.24, 2.45) is 0 Å². The summed E-state index contributed by atoms with van der Waals surface area (Å²) in [5.74, 6) is 0.162. The summed E-state index contributed by atoms with van der Waals surface area (Å²) < 4.78 is 0. The third-order valence-corrected chi connectivity index (χ3v) is 5.22. The Bertz CT molecular complexity index is 792. The van der Waals surface area contributed by atoms with Crippen molar-refractivity contribution in [3.05, 3.63) is 69.4 Å². The topological polar surface area (TPSA) is 17.1 Å². The average molecular weight is 278 g/mol. The molecule has 1 aliphatic rings. The minimum absolute atomic E-state index is 0.162. The van der Waals surface area contributed by atoms with Crippen LogP contribution in [-0.2, 0) is 12.8 Å². The van der Waals surface area contributed by atoms with Crippen LogP contribution in [0.4, 0.5) is 0 Å². The molecule has 1 aromatic heterocycles. The second kappa shape index (κ2) is 4.57. The van der Waals surface area contributed by atoms with Gasteiger partial charge in [0, 0.05) is 10.4 Å². The molecule has 0 saturated carbocycles. The van der Waals surface area contributed by atoms with Gasteiger partial charge in [0.05, 0.1) is 4.88 Å². The molecule has 0 fully saturated rings. The second-order valence-electron chi connectivity index (χ2n) is 5.30. The van der Waals surface area contributed by atoms with Crippen molar-refractivity contribution in [3.63, 3.8) is 0 Å². The fourth-order valence-electron chi connectivity index (χ4n) is 2.91. The highest BCUT2D eigenvalue weighted by Crippen LogP contribution is 2.32. The third kappa shape index (κ3) is 1.88. The maximum absolute atomic E-state index is 12.6. The number of ketones is 1. The molecule has 0 spiro atoms. The van der Waals surface area contributed by atoms with Crippen LogP contribution in [0.15, 0.2) is 48.5 Å². The van der Waals surface area contributed by atoms with E-state index >= 15 is 0 Å². The summed E-state index contributed by atoms with van der Waals surface area (Å²) in [6.45, 7) is 0. The molecule has 0 aliphatic heterocycles. The van der Waals surface area contributed by atoms with E-state index in [1.54, 1.807) is 11.3 Å². The number of thiophene rings is 1. The minimum atomic E-state index is 0.162. The maximum atomic E-state index is 12.6. The van der Waals surface area contributed by atoms with Gasteiger partial charge in [-0.1, -0.05) is 36.4 Å². The lowest BCUT2D eigenvalue weighted by Gasteiger charge is -2.02. The fourth-order valence-corrected chi connectivity index (χ4v) is 4.13. The van der Waals surface area contributed by atoms with E-state index in [0.717, 1.165) is 28.7 Å². The van der Waals surface area contributed by atoms with E-state index in [-0.39, 0.29) is 5.78 Å². The van der Waals surface area contributed by atoms with Crippen molar-refractivity contribution in [1.29, 1.82) is 0 Å². The highest BCUT2D eigenvalue weighted by Gasteiger charge is 2.19. The van der Waals surface area contributed by atoms with Gasteiger partial charge in [0.1, 0.15) is 0 Å². The van der Waals surface area contributed by atoms with Gasteiger partial charge < -0.3 is 0 Å². The number of carbonyl (C=O) groups is 1. The highest BCUT2D eigenvalue weighted by molar-refractivity contribution is 7.14. The first kappa shape index (κ1) is 11.9. The summed E-state index contributed by atoms with van der Waals surface area (Å²) in [5, 5.41) is 2.31. The minimum Gasteiger partial charge on any atom is -0.288 e. The van der Waals surface area contributed by atoms with Crippen LogP contribution in [0, 0.1) is 0 Å². The molecule has 0 amide bonds. The molecule has 2 aromatic carbocycles. The molecule has 20 heavy (non-hydrogen) atoms. The molecule has 1 aliphatic carbocycles. The van der Waals surface area contributed by atoms with Crippen LogP contribution >= 0.6 is 11.3 Å². The van der Waals surface area contributed by atoms with Crippen LogP contribution < -0.4 is 0 Å². The van der Waals surface area contributed by atoms with Crippen molar-refractivity contribution in [3.8, 4) is 0 Å². The van der Waals surface area contributed by atoms with E-state index in [4.69, 9.17) is 0 Å². The largest absolute Gasteiger partial charge is 0.288 e. The Balaban J connectivity index is 1.75. The lowest BCUT2D eigenvalue weighted by Crippen LogP contribution is -1.98. The SMILES string of the molecule is O=C(c1ccc2ccccc2c1)c1cc2c(s1)CCC2. The molecule has 0 saturated heterocycles. The van der Waals surface area contributed by atoms with E-state index in [2.05, 4.69) is 18.2 Å². The van der Waals surface area contributed by atoms with E-state index < -0.39 is 0 Å². The first-order valence-corrected chi connectivity index (χ1v) is 7.78. The number of hydrogen-bond donors (Lipinski definition) is 0. The average Bonchev–Trinajstić information content (AvgIpc) is 3.07. The summed E-state index contributed by atoms with van der Waals surface area (Å²) in [6.07, 6.45) is 3.52. The van der Waals surface area contributed by atoms with Gasteiger partial charge in [0.25, 0.3) is 0 Å². The standard InChI is InChI=1S/C18H14OS/c19-18(17-11-14-6-3-7-16(14)20-17)15-9-8-12-4-1-2-5-13(12)10-15/h1-2,4-5,8-11H,3,6-7H2. The molecule has 1 nitrogen and oxygen atoms in total. The molecule has 0 atom stereocenters. The molecule has 4 rings (SSSR count). The molecule has 0 unspecified atom stereocenters. The zero-order valence-corrected chi connectivity index (χ0v) is 11.9. The Hall–Kier alpha value is -1.93. The van der Waals surface area contributed by atoms with Crippen molar-refractivity contribution in [2.75, 3.05) is 0 Å². The Kier molecular flexibility index (Phi) is 2.71. The van der Waals surface area contributed by atoms with Crippen molar-refractivity contribution < 1.29 is 4.79 Å². The van der Waals surface area contributed by atoms with E-state index in [1.165, 1.54) is 22.2 Å². The molecule has 3 aromatic rings. The third-order valence-electron chi connectivity index (χ3n) is 3.98. The fraction of sp³-hybridized carbons (Fsp3) is 0.167. The first-order chi connectivity index (χ1) is 9.81. The second-order valence-corrected chi connectivity index (χ2v) is 6.44. The van der Waals surface area contributed by atoms with Gasteiger partial charge in [-0.25, -0.2) is 0 Å². The van der Waals surface area contributed by atoms with E-state index in [0.29, 0.717) is 0 Å². The zero-order chi connectivity index (χ0) is 13.5. The van der Waals surface area contributed by atoms with Crippen molar-refractivity contribution in [2.45, 2.75) is 19.3 Å². The van der Waals surface area contributed by atoms with E-state index in [9.17, 15) is 4.79 Å². The van der Waals surface area contributed by atoms with Crippen molar-refractivity contribution >= 4 is 27.9 Å². The van der Waals surface area contributed by atoms with Gasteiger partial charge in [-0.2, -0.15) is 0 Å². The van der Waals surface area contributed by atoms with Crippen LogP contribution in [0.5, 0.6) is 0 Å². The number of benzene rings is 2. The van der Waals surface area contributed by atoms with Gasteiger partial charge in [0.2, 0.25) is 5.78 Å². The molecule has 0 radical (unpaired) electrons. The van der Waals surface area contributed by atoms with E-state index in [1.807, 2.05) is 30.3 Å². The van der Waals surface area contributed by atoms with Gasteiger partial charge in [-0.05, 0) is 47.7 Å². The highest BCUT2D eigenvalue weighted by atomic mass is 32.1. The molecule has 0 bridgehead atoms. The van der Waals surface area contributed by atoms with Crippen LogP contribution in [0.3, 0.4) is 0 Å². The predicted molar refractivity (Wildman–Crippen MR) is 83.7 cm³/mol.